The van der Waals surface area contributed by atoms with Crippen molar-refractivity contribution in [1.29, 1.82) is 0 Å². The largest absolute Gasteiger partial charge is 0.459 e. The van der Waals surface area contributed by atoms with Crippen LogP contribution in [0.3, 0.4) is 0 Å². The van der Waals surface area contributed by atoms with E-state index in [1.54, 1.807) is 60.4 Å². The van der Waals surface area contributed by atoms with Crippen molar-refractivity contribution < 1.29 is 63.5 Å². The van der Waals surface area contributed by atoms with E-state index in [4.69, 9.17) is 28.4 Å². The number of benzene rings is 1. The first-order valence-corrected chi connectivity index (χ1v) is 24.7. The predicted octanol–water partition coefficient (Wildman–Crippen LogP) is 4.33. The van der Waals surface area contributed by atoms with E-state index in [9.17, 15) is 35.1 Å². The zero-order valence-corrected chi connectivity index (χ0v) is 43.1. The number of hydrogen-bond acceptors (Lipinski definition) is 15. The summed E-state index contributed by atoms with van der Waals surface area (Å²) in [5, 5.41) is 67.1. The molecule has 3 aliphatic heterocycles. The van der Waals surface area contributed by atoms with Crippen LogP contribution < -0.4 is 15.5 Å². The van der Waals surface area contributed by atoms with E-state index in [-0.39, 0.29) is 43.8 Å². The van der Waals surface area contributed by atoms with E-state index in [1.807, 2.05) is 65.0 Å². The molecule has 0 aliphatic carbocycles. The van der Waals surface area contributed by atoms with Crippen LogP contribution in [-0.4, -0.2) is 172 Å². The van der Waals surface area contributed by atoms with Gasteiger partial charge in [0.1, 0.15) is 35.1 Å². The number of ether oxygens (including phenoxy) is 6. The summed E-state index contributed by atoms with van der Waals surface area (Å²) in [6.45, 7) is 24.3. The number of rotatable bonds is 13. The van der Waals surface area contributed by atoms with Gasteiger partial charge in [0.2, 0.25) is 0 Å². The fourth-order valence-electron chi connectivity index (χ4n) is 10.6. The smallest absolute Gasteiger partial charge is 0.324 e. The molecular weight excluding hydrogens is 865 g/mol. The van der Waals surface area contributed by atoms with Gasteiger partial charge in [-0.1, -0.05) is 45.9 Å². The second-order valence-corrected chi connectivity index (χ2v) is 20.9. The third-order valence-corrected chi connectivity index (χ3v) is 14.9. The molecule has 1 aromatic carbocycles. The van der Waals surface area contributed by atoms with Crippen LogP contribution in [-0.2, 0) is 33.2 Å². The van der Waals surface area contributed by atoms with Gasteiger partial charge in [-0.3, -0.25) is 9.69 Å². The lowest BCUT2D eigenvalue weighted by Gasteiger charge is -2.53. The Balaban J connectivity index is 1.81. The molecule has 4 rings (SSSR count). The quantitative estimate of drug-likeness (QED) is 0.108. The Morgan fingerprint density at radius 3 is 2.19 bits per heavy atom. The lowest BCUT2D eigenvalue weighted by molar-refractivity contribution is -0.336. The Morgan fingerprint density at radius 1 is 0.970 bits per heavy atom. The third-order valence-electron chi connectivity index (χ3n) is 14.9. The van der Waals surface area contributed by atoms with E-state index < -0.39 is 108 Å². The molecule has 0 radical (unpaired) electrons. The minimum absolute atomic E-state index is 0.0461. The molecule has 0 bridgehead atoms. The fourth-order valence-corrected chi connectivity index (χ4v) is 10.6. The number of hydrogen-bond donors (Lipinski definition) is 7. The Labute approximate surface area is 400 Å². The highest BCUT2D eigenvalue weighted by atomic mass is 16.7. The summed E-state index contributed by atoms with van der Waals surface area (Å²) < 4.78 is 38.8. The molecule has 3 saturated heterocycles. The summed E-state index contributed by atoms with van der Waals surface area (Å²) >= 11 is 0. The van der Waals surface area contributed by atoms with Crippen LogP contribution >= 0.6 is 0 Å². The number of para-hydroxylation sites is 1. The molecule has 3 fully saturated rings. The van der Waals surface area contributed by atoms with Crippen molar-refractivity contribution in [2.45, 2.75) is 218 Å². The number of aliphatic hydroxyl groups is 5. The molecule has 0 spiro atoms. The number of carbonyl (C=O) groups is 2. The first-order valence-electron chi connectivity index (χ1n) is 24.7. The van der Waals surface area contributed by atoms with Crippen LogP contribution in [0, 0.1) is 17.8 Å². The van der Waals surface area contributed by atoms with E-state index in [2.05, 4.69) is 10.6 Å². The van der Waals surface area contributed by atoms with Crippen LogP contribution in [0.25, 0.3) is 0 Å². The van der Waals surface area contributed by atoms with Crippen molar-refractivity contribution in [3.05, 3.63) is 30.3 Å². The van der Waals surface area contributed by atoms with Gasteiger partial charge in [-0.15, -0.1) is 0 Å². The van der Waals surface area contributed by atoms with Gasteiger partial charge in [-0.05, 0) is 119 Å². The Bertz CT molecular complexity index is 1710. The number of anilines is 1. The molecule has 0 aromatic heterocycles. The Kier molecular flexibility index (Phi) is 20.1. The zero-order chi connectivity index (χ0) is 50.4. The number of nitrogens with one attached hydrogen (secondary N) is 2. The number of nitrogens with zero attached hydrogens (tertiary/aromatic N) is 2. The second-order valence-electron chi connectivity index (χ2n) is 20.9. The lowest BCUT2D eigenvalue weighted by atomic mass is 9.75. The van der Waals surface area contributed by atoms with E-state index in [0.717, 1.165) is 6.42 Å². The number of aliphatic hydroxyl groups excluding tert-OH is 2. The van der Waals surface area contributed by atoms with Crippen LogP contribution in [0.1, 0.15) is 122 Å². The number of likely N-dealkylation sites (N-methyl/N-ethyl adjacent to an activating group) is 1. The highest BCUT2D eigenvalue weighted by Crippen LogP contribution is 2.43. The van der Waals surface area contributed by atoms with Crippen LogP contribution in [0.4, 0.5) is 10.5 Å². The van der Waals surface area contributed by atoms with Gasteiger partial charge in [0.05, 0.1) is 42.0 Å². The van der Waals surface area contributed by atoms with Gasteiger partial charge in [-0.2, -0.15) is 0 Å². The number of methoxy groups -OCH3 is 1. The maximum atomic E-state index is 14.6. The van der Waals surface area contributed by atoms with Gasteiger partial charge in [0, 0.05) is 50.8 Å². The molecule has 17 heteroatoms. The summed E-state index contributed by atoms with van der Waals surface area (Å²) in [6.07, 6.45) is -8.40. The molecule has 67 heavy (non-hydrogen) atoms. The monoisotopic (exact) mass is 953 g/mol. The normalized spacial score (nSPS) is 41.8. The Hall–Kier alpha value is -2.52. The number of carbonyl (C=O) groups excluding carboxylic acids is 2. The number of esters is 1. The summed E-state index contributed by atoms with van der Waals surface area (Å²) in [5.74, 6) is -2.98. The highest BCUT2D eigenvalue weighted by Gasteiger charge is 2.58. The van der Waals surface area contributed by atoms with Gasteiger partial charge in [-0.25, -0.2) is 4.79 Å². The molecule has 18 atom stereocenters. The zero-order valence-electron chi connectivity index (χ0n) is 43.1. The average Bonchev–Trinajstić information content (AvgIpc) is 3.27. The van der Waals surface area contributed by atoms with Crippen molar-refractivity contribution in [2.24, 2.45) is 17.8 Å². The summed E-state index contributed by atoms with van der Waals surface area (Å²) in [5.41, 5.74) is -5.51. The van der Waals surface area contributed by atoms with Crippen molar-refractivity contribution in [2.75, 3.05) is 38.7 Å². The van der Waals surface area contributed by atoms with Gasteiger partial charge in [0.25, 0.3) is 0 Å². The molecule has 2 amide bonds. The molecular formula is C50H88N4O13. The van der Waals surface area contributed by atoms with Crippen molar-refractivity contribution in [1.82, 2.24) is 15.5 Å². The second kappa shape index (κ2) is 23.6. The lowest BCUT2D eigenvalue weighted by Crippen LogP contribution is -2.70. The molecule has 386 valence electrons. The van der Waals surface area contributed by atoms with E-state index in [0.29, 0.717) is 25.2 Å². The maximum Gasteiger partial charge on any atom is 0.324 e. The maximum absolute atomic E-state index is 14.6. The third kappa shape index (κ3) is 12.9. The van der Waals surface area contributed by atoms with Crippen molar-refractivity contribution in [3.63, 3.8) is 0 Å². The molecule has 7 N–H and O–H groups in total. The minimum Gasteiger partial charge on any atom is -0.459 e. The van der Waals surface area contributed by atoms with Crippen LogP contribution in [0.5, 0.6) is 0 Å². The number of cyclic esters (lactones) is 1. The SMILES string of the molecule is CCCNC[C@]1(O)[C@H](C)O[C@@H](O[C@H]2[C@H](C)[C@@H](O[C@@H]3O[C@H](C)C[C@H](N(C)C(=O)N(c4ccccc4)C(C)C)[C@H]3O)[C@](C)(O)C[C@@H](C)CN[C@H](C)[C@@H](O)[C@](C)(O)[C@@H](CC)OC(=O)[C@@H]2C)C[C@@]1(C)OC. The molecule has 0 unspecified atom stereocenters. The minimum atomic E-state index is -1.86. The van der Waals surface area contributed by atoms with Gasteiger partial charge in [0.15, 0.2) is 12.6 Å². The first kappa shape index (κ1) is 57.1. The van der Waals surface area contributed by atoms with Crippen LogP contribution in [0.15, 0.2) is 30.3 Å². The van der Waals surface area contributed by atoms with Crippen molar-refractivity contribution >= 4 is 17.7 Å². The molecule has 3 heterocycles. The Morgan fingerprint density at radius 2 is 1.61 bits per heavy atom. The van der Waals surface area contributed by atoms with Crippen molar-refractivity contribution in [3.8, 4) is 0 Å². The fraction of sp³-hybridized carbons (Fsp3) is 0.840. The molecule has 3 aliphatic rings. The molecule has 1 aromatic rings. The summed E-state index contributed by atoms with van der Waals surface area (Å²) in [7, 11) is 3.17. The first-order chi connectivity index (χ1) is 31.2. The molecule has 17 nitrogen and oxygen atoms in total. The van der Waals surface area contributed by atoms with Crippen LogP contribution in [0.2, 0.25) is 0 Å². The number of urea groups is 1. The van der Waals surface area contributed by atoms with E-state index >= 15 is 0 Å². The highest BCUT2D eigenvalue weighted by molar-refractivity contribution is 5.92. The van der Waals surface area contributed by atoms with Gasteiger partial charge < -0.3 is 69.5 Å². The predicted molar refractivity (Wildman–Crippen MR) is 255 cm³/mol. The number of amides is 2. The van der Waals surface area contributed by atoms with Gasteiger partial charge >= 0.3 is 12.0 Å². The summed E-state index contributed by atoms with van der Waals surface area (Å²) in [4.78, 5) is 32.1. The molecule has 0 saturated carbocycles. The standard InChI is InChI=1S/C50H88N4O13/c1-16-23-51-28-50(61)35(10)64-39(26-48(50,12)62-15)66-41-32(7)43(47(11,59)25-30(5)27-52-34(9)42(56)49(13,60)38(17-2)65-44(57)33(41)8)67-45-40(55)37(24-31(6)63-45)53(14)46(58)54(29(3)4)36-21-19-18-20-22-36/h18-22,29-35,37-43,45,51-52,55-56,59-61H,16-17,23-28H2,1-15H3/t30-,31-,32+,33-,34-,35+,37+,38-,39+,40-,41+,42-,43-,45+,47-,48-,49-,50+/m1/s1. The topological polar surface area (TPSA) is 221 Å². The summed E-state index contributed by atoms with van der Waals surface area (Å²) in [6, 6.07) is 7.38. The van der Waals surface area contributed by atoms with E-state index in [1.165, 1.54) is 18.9 Å². The average molecular weight is 953 g/mol.